The number of ether oxygens (including phenoxy) is 1. The van der Waals surface area contributed by atoms with Crippen LogP contribution in [0.3, 0.4) is 0 Å². The van der Waals surface area contributed by atoms with Gasteiger partial charge < -0.3 is 15.0 Å². The highest BCUT2D eigenvalue weighted by molar-refractivity contribution is 5.28. The van der Waals surface area contributed by atoms with Gasteiger partial charge in [-0.05, 0) is 38.2 Å². The van der Waals surface area contributed by atoms with Crippen LogP contribution in [0.2, 0.25) is 0 Å². The average Bonchev–Trinajstić information content (AvgIpc) is 2.36. The normalized spacial score (nSPS) is 10.8. The van der Waals surface area contributed by atoms with Crippen LogP contribution in [0.1, 0.15) is 12.5 Å². The van der Waals surface area contributed by atoms with E-state index in [-0.39, 0.29) is 0 Å². The summed E-state index contributed by atoms with van der Waals surface area (Å²) in [5.74, 6) is 0.978. The van der Waals surface area contributed by atoms with E-state index >= 15 is 0 Å². The average molecular weight is 236 g/mol. The van der Waals surface area contributed by atoms with Gasteiger partial charge in [-0.2, -0.15) is 0 Å². The Balaban J connectivity index is 2.25. The number of hydrogen-bond donors (Lipinski definition) is 1. The van der Waals surface area contributed by atoms with Gasteiger partial charge in [0.2, 0.25) is 0 Å². The van der Waals surface area contributed by atoms with Gasteiger partial charge in [0.1, 0.15) is 12.4 Å². The van der Waals surface area contributed by atoms with Crippen LogP contribution < -0.4 is 10.1 Å². The van der Waals surface area contributed by atoms with Crippen LogP contribution in [0.5, 0.6) is 5.75 Å². The van der Waals surface area contributed by atoms with E-state index < -0.39 is 0 Å². The number of hydrogen-bond acceptors (Lipinski definition) is 3. The molecule has 0 bridgehead atoms. The molecule has 0 aliphatic rings. The summed E-state index contributed by atoms with van der Waals surface area (Å²) in [5.41, 5.74) is 1.33. The molecule has 0 aliphatic heterocycles. The lowest BCUT2D eigenvalue weighted by molar-refractivity contribution is 0.238. The predicted octanol–water partition coefficient (Wildman–Crippen LogP) is 1.78. The van der Waals surface area contributed by atoms with Crippen molar-refractivity contribution in [3.8, 4) is 5.75 Å². The predicted molar refractivity (Wildman–Crippen MR) is 72.7 cm³/mol. The van der Waals surface area contributed by atoms with Crippen molar-refractivity contribution in [3.05, 3.63) is 29.8 Å². The molecule has 0 aromatic heterocycles. The van der Waals surface area contributed by atoms with E-state index in [1.54, 1.807) is 0 Å². The van der Waals surface area contributed by atoms with E-state index in [1.807, 2.05) is 13.1 Å². The fraction of sp³-hybridized carbons (Fsp3) is 0.571. The smallest absolute Gasteiger partial charge is 0.119 e. The van der Waals surface area contributed by atoms with Crippen molar-refractivity contribution in [2.45, 2.75) is 13.3 Å². The first-order valence-electron chi connectivity index (χ1n) is 6.31. The Bertz CT molecular complexity index is 315. The summed E-state index contributed by atoms with van der Waals surface area (Å²) >= 11 is 0. The Morgan fingerprint density at radius 2 is 2.12 bits per heavy atom. The molecule has 0 fully saturated rings. The maximum absolute atomic E-state index is 5.74. The maximum Gasteiger partial charge on any atom is 0.119 e. The topological polar surface area (TPSA) is 24.5 Å². The van der Waals surface area contributed by atoms with Crippen LogP contribution >= 0.6 is 0 Å². The Kier molecular flexibility index (Phi) is 6.67. The van der Waals surface area contributed by atoms with Crippen molar-refractivity contribution in [1.29, 1.82) is 0 Å². The number of benzene rings is 1. The monoisotopic (exact) mass is 236 g/mol. The highest BCUT2D eigenvalue weighted by atomic mass is 16.5. The molecule has 0 aliphatic carbocycles. The van der Waals surface area contributed by atoms with E-state index in [0.29, 0.717) is 0 Å². The third-order valence-corrected chi connectivity index (χ3v) is 2.79. The summed E-state index contributed by atoms with van der Waals surface area (Å²) in [6.45, 7) is 5.92. The second kappa shape index (κ2) is 8.09. The number of likely N-dealkylation sites (N-methyl/N-ethyl adjacent to an activating group) is 2. The molecule has 1 aromatic carbocycles. The Morgan fingerprint density at radius 1 is 1.29 bits per heavy atom. The molecule has 0 amide bonds. The molecule has 0 saturated carbocycles. The van der Waals surface area contributed by atoms with E-state index in [1.165, 1.54) is 5.56 Å². The minimum absolute atomic E-state index is 0.743. The fourth-order valence-electron chi connectivity index (χ4n) is 1.59. The van der Waals surface area contributed by atoms with Gasteiger partial charge >= 0.3 is 0 Å². The standard InChI is InChI=1S/C14H24N2O/c1-4-13-6-5-7-14(12-13)17-11-10-16(3)9-8-15-2/h5-7,12,15H,4,8-11H2,1-3H3. The molecule has 3 nitrogen and oxygen atoms in total. The van der Waals surface area contributed by atoms with Crippen molar-refractivity contribution >= 4 is 0 Å². The van der Waals surface area contributed by atoms with E-state index in [4.69, 9.17) is 4.74 Å². The zero-order chi connectivity index (χ0) is 12.5. The minimum Gasteiger partial charge on any atom is -0.492 e. The first-order chi connectivity index (χ1) is 8.26. The maximum atomic E-state index is 5.74. The first kappa shape index (κ1) is 14.0. The highest BCUT2D eigenvalue weighted by Gasteiger charge is 1.99. The highest BCUT2D eigenvalue weighted by Crippen LogP contribution is 2.13. The lowest BCUT2D eigenvalue weighted by Crippen LogP contribution is -2.30. The second-order valence-electron chi connectivity index (χ2n) is 4.26. The third-order valence-electron chi connectivity index (χ3n) is 2.79. The molecule has 0 heterocycles. The summed E-state index contributed by atoms with van der Waals surface area (Å²) in [7, 11) is 4.09. The van der Waals surface area contributed by atoms with Gasteiger partial charge in [0.25, 0.3) is 0 Å². The molecule has 1 aromatic rings. The summed E-state index contributed by atoms with van der Waals surface area (Å²) in [6.07, 6.45) is 1.05. The van der Waals surface area contributed by atoms with Gasteiger partial charge in [-0.25, -0.2) is 0 Å². The number of nitrogens with zero attached hydrogens (tertiary/aromatic N) is 1. The minimum atomic E-state index is 0.743. The summed E-state index contributed by atoms with van der Waals surface area (Å²) in [4.78, 5) is 2.26. The lowest BCUT2D eigenvalue weighted by Gasteiger charge is -2.16. The van der Waals surface area contributed by atoms with Crippen molar-refractivity contribution < 1.29 is 4.74 Å². The molecule has 96 valence electrons. The summed E-state index contributed by atoms with van der Waals surface area (Å²) in [5, 5.41) is 3.14. The number of nitrogens with one attached hydrogen (secondary N) is 1. The van der Waals surface area contributed by atoms with E-state index in [0.717, 1.165) is 38.4 Å². The number of aryl methyl sites for hydroxylation is 1. The SMILES string of the molecule is CCc1cccc(OCCN(C)CCNC)c1. The van der Waals surface area contributed by atoms with E-state index in [2.05, 4.69) is 42.4 Å². The zero-order valence-corrected chi connectivity index (χ0v) is 11.2. The molecule has 0 unspecified atom stereocenters. The van der Waals surface area contributed by atoms with Crippen LogP contribution in [-0.2, 0) is 6.42 Å². The molecule has 1 N–H and O–H groups in total. The van der Waals surface area contributed by atoms with Crippen molar-refractivity contribution in [1.82, 2.24) is 10.2 Å². The molecule has 0 radical (unpaired) electrons. The first-order valence-corrected chi connectivity index (χ1v) is 6.31. The molecule has 0 saturated heterocycles. The van der Waals surface area contributed by atoms with Gasteiger partial charge in [0.05, 0.1) is 0 Å². The summed E-state index contributed by atoms with van der Waals surface area (Å²) in [6, 6.07) is 8.32. The van der Waals surface area contributed by atoms with Crippen molar-refractivity contribution in [2.75, 3.05) is 40.3 Å². The molecular formula is C14H24N2O. The van der Waals surface area contributed by atoms with Gasteiger partial charge in [0, 0.05) is 19.6 Å². The van der Waals surface area contributed by atoms with E-state index in [9.17, 15) is 0 Å². The van der Waals surface area contributed by atoms with Gasteiger partial charge in [-0.15, -0.1) is 0 Å². The zero-order valence-electron chi connectivity index (χ0n) is 11.2. The number of rotatable bonds is 8. The lowest BCUT2D eigenvalue weighted by atomic mass is 10.2. The Hall–Kier alpha value is -1.06. The van der Waals surface area contributed by atoms with Crippen molar-refractivity contribution in [2.24, 2.45) is 0 Å². The van der Waals surface area contributed by atoms with Crippen LogP contribution in [0.15, 0.2) is 24.3 Å². The van der Waals surface area contributed by atoms with Gasteiger partial charge in [-0.1, -0.05) is 19.1 Å². The molecular weight excluding hydrogens is 212 g/mol. The molecule has 3 heteroatoms. The molecule has 0 spiro atoms. The van der Waals surface area contributed by atoms with Gasteiger partial charge in [-0.3, -0.25) is 0 Å². The molecule has 0 atom stereocenters. The Labute approximate surface area is 105 Å². The van der Waals surface area contributed by atoms with Crippen molar-refractivity contribution in [3.63, 3.8) is 0 Å². The second-order valence-corrected chi connectivity index (χ2v) is 4.26. The summed E-state index contributed by atoms with van der Waals surface area (Å²) < 4.78 is 5.74. The third kappa shape index (κ3) is 5.71. The van der Waals surface area contributed by atoms with Crippen LogP contribution in [-0.4, -0.2) is 45.2 Å². The molecule has 1 rings (SSSR count). The van der Waals surface area contributed by atoms with Crippen LogP contribution in [0, 0.1) is 0 Å². The molecule has 17 heavy (non-hydrogen) atoms. The van der Waals surface area contributed by atoms with Crippen LogP contribution in [0.4, 0.5) is 0 Å². The van der Waals surface area contributed by atoms with Gasteiger partial charge in [0.15, 0.2) is 0 Å². The fourth-order valence-corrected chi connectivity index (χ4v) is 1.59. The Morgan fingerprint density at radius 3 is 2.82 bits per heavy atom. The largest absolute Gasteiger partial charge is 0.492 e. The van der Waals surface area contributed by atoms with Crippen LogP contribution in [0.25, 0.3) is 0 Å². The quantitative estimate of drug-likeness (QED) is 0.744.